The molecular weight excluding hydrogens is 422 g/mol. The van der Waals surface area contributed by atoms with Crippen molar-refractivity contribution in [3.8, 4) is 0 Å². The van der Waals surface area contributed by atoms with E-state index in [2.05, 4.69) is 15.4 Å². The molecule has 1 aliphatic heterocycles. The fraction of sp³-hybridized carbons (Fsp3) is 0.0417. The van der Waals surface area contributed by atoms with Crippen LogP contribution in [0.1, 0.15) is 11.3 Å². The van der Waals surface area contributed by atoms with Crippen LogP contribution in [-0.4, -0.2) is 32.2 Å². The fourth-order valence-electron chi connectivity index (χ4n) is 3.49. The second kappa shape index (κ2) is 8.39. The molecule has 162 valence electrons. The molecule has 9 nitrogen and oxygen atoms in total. The molecule has 0 saturated heterocycles. The molecule has 0 radical (unpaired) electrons. The van der Waals surface area contributed by atoms with Crippen LogP contribution < -0.4 is 11.0 Å². The fourth-order valence-corrected chi connectivity index (χ4v) is 3.49. The number of amidine groups is 1. The number of furan rings is 1. The summed E-state index contributed by atoms with van der Waals surface area (Å²) in [6.45, 7) is -0.301. The first kappa shape index (κ1) is 20.1. The van der Waals surface area contributed by atoms with Crippen LogP contribution in [0.3, 0.4) is 0 Å². The molecule has 2 amide bonds. The number of rotatable bonds is 5. The second-order valence-electron chi connectivity index (χ2n) is 7.19. The zero-order chi connectivity index (χ0) is 22.8. The lowest BCUT2D eigenvalue weighted by Crippen LogP contribution is -2.49. The maximum Gasteiger partial charge on any atom is 0.297 e. The molecule has 0 atom stereocenters. The van der Waals surface area contributed by atoms with Crippen molar-refractivity contribution in [3.05, 3.63) is 107 Å². The van der Waals surface area contributed by atoms with E-state index in [0.29, 0.717) is 22.4 Å². The molecule has 2 aromatic carbocycles. The zero-order valence-corrected chi connectivity index (χ0v) is 17.2. The van der Waals surface area contributed by atoms with Crippen LogP contribution in [0.2, 0.25) is 0 Å². The molecule has 3 heterocycles. The number of benzene rings is 2. The largest absolute Gasteiger partial charge is 0.465 e. The lowest BCUT2D eigenvalue weighted by molar-refractivity contribution is -0.133. The van der Waals surface area contributed by atoms with Crippen molar-refractivity contribution >= 4 is 34.8 Å². The van der Waals surface area contributed by atoms with Crippen molar-refractivity contribution in [1.29, 1.82) is 0 Å². The molecule has 0 bridgehead atoms. The minimum absolute atomic E-state index is 0.107. The van der Waals surface area contributed by atoms with Gasteiger partial charge in [-0.1, -0.05) is 42.5 Å². The number of aromatic nitrogens is 2. The van der Waals surface area contributed by atoms with Crippen molar-refractivity contribution in [2.45, 2.75) is 6.54 Å². The van der Waals surface area contributed by atoms with E-state index in [4.69, 9.17) is 4.42 Å². The Morgan fingerprint density at radius 2 is 1.79 bits per heavy atom. The van der Waals surface area contributed by atoms with Gasteiger partial charge < -0.3 is 4.42 Å². The summed E-state index contributed by atoms with van der Waals surface area (Å²) < 4.78 is 6.59. The summed E-state index contributed by atoms with van der Waals surface area (Å²) in [5.41, 5.74) is 4.01. The number of nitrogens with one attached hydrogen (secondary N) is 1. The Hall–Kier alpha value is -4.79. The first-order chi connectivity index (χ1) is 16.1. The molecule has 4 aromatic rings. The van der Waals surface area contributed by atoms with E-state index in [9.17, 15) is 14.4 Å². The van der Waals surface area contributed by atoms with Gasteiger partial charge in [0.05, 0.1) is 23.5 Å². The van der Waals surface area contributed by atoms with Crippen LogP contribution in [0.5, 0.6) is 0 Å². The van der Waals surface area contributed by atoms with Gasteiger partial charge >= 0.3 is 0 Å². The van der Waals surface area contributed by atoms with Crippen LogP contribution in [0.4, 0.5) is 0 Å². The molecule has 9 heteroatoms. The molecule has 33 heavy (non-hydrogen) atoms. The van der Waals surface area contributed by atoms with Crippen LogP contribution in [0.15, 0.2) is 99.1 Å². The maximum atomic E-state index is 13.1. The summed E-state index contributed by atoms with van der Waals surface area (Å²) in [7, 11) is 0. The normalized spacial score (nSPS) is 14.7. The van der Waals surface area contributed by atoms with Gasteiger partial charge in [-0.15, -0.1) is 0 Å². The quantitative estimate of drug-likeness (QED) is 0.480. The summed E-state index contributed by atoms with van der Waals surface area (Å²) in [6.07, 6.45) is 4.15. The SMILES string of the molecule is O=C(Cn1c(=O)cnc2ccccc21)NN1C(=O)/C(=C/c2ccco2)N=C1c1ccccc1. The highest BCUT2D eigenvalue weighted by molar-refractivity contribution is 6.20. The van der Waals surface area contributed by atoms with Gasteiger partial charge in [0, 0.05) is 11.6 Å². The van der Waals surface area contributed by atoms with Gasteiger partial charge in [0.1, 0.15) is 18.0 Å². The number of amides is 2. The lowest BCUT2D eigenvalue weighted by atomic mass is 10.2. The average Bonchev–Trinajstić information content (AvgIpc) is 3.45. The molecule has 1 N–H and O–H groups in total. The highest BCUT2D eigenvalue weighted by atomic mass is 16.3. The topological polar surface area (TPSA) is 110 Å². The minimum atomic E-state index is -0.565. The standard InChI is InChI=1S/C24H17N5O4/c30-21(15-28-20-11-5-4-10-18(20)25-14-22(28)31)27-29-23(16-7-2-1-3-8-16)26-19(24(29)32)13-17-9-6-12-33-17/h1-14H,15H2,(H,27,30)/b19-13-. The van der Waals surface area contributed by atoms with Crippen molar-refractivity contribution in [1.82, 2.24) is 20.0 Å². The van der Waals surface area contributed by atoms with E-state index in [0.717, 1.165) is 11.2 Å². The Bertz CT molecular complexity index is 1470. The van der Waals surface area contributed by atoms with E-state index in [-0.39, 0.29) is 18.1 Å². The van der Waals surface area contributed by atoms with Gasteiger partial charge in [0.25, 0.3) is 17.4 Å². The maximum absolute atomic E-state index is 13.1. The Morgan fingerprint density at radius 1 is 1.00 bits per heavy atom. The highest BCUT2D eigenvalue weighted by Crippen LogP contribution is 2.21. The number of para-hydroxylation sites is 2. The smallest absolute Gasteiger partial charge is 0.297 e. The lowest BCUT2D eigenvalue weighted by Gasteiger charge is -2.19. The Kier molecular flexibility index (Phi) is 5.12. The van der Waals surface area contributed by atoms with Crippen LogP contribution in [0.25, 0.3) is 17.1 Å². The van der Waals surface area contributed by atoms with Gasteiger partial charge in [-0.3, -0.25) is 24.4 Å². The minimum Gasteiger partial charge on any atom is -0.465 e. The van der Waals surface area contributed by atoms with Crippen molar-refractivity contribution in [2.75, 3.05) is 0 Å². The van der Waals surface area contributed by atoms with Crippen LogP contribution >= 0.6 is 0 Å². The van der Waals surface area contributed by atoms with Gasteiger partial charge in [-0.25, -0.2) is 9.98 Å². The first-order valence-electron chi connectivity index (χ1n) is 10.1. The Morgan fingerprint density at radius 3 is 2.58 bits per heavy atom. The van der Waals surface area contributed by atoms with Crippen molar-refractivity contribution < 1.29 is 14.0 Å². The number of hydrazine groups is 1. The highest BCUT2D eigenvalue weighted by Gasteiger charge is 2.33. The van der Waals surface area contributed by atoms with Gasteiger partial charge in [0.15, 0.2) is 5.84 Å². The Balaban J connectivity index is 1.46. The second-order valence-corrected chi connectivity index (χ2v) is 7.19. The molecule has 0 fully saturated rings. The molecule has 2 aromatic heterocycles. The van der Waals surface area contributed by atoms with E-state index in [1.54, 1.807) is 60.7 Å². The third-order valence-corrected chi connectivity index (χ3v) is 5.01. The van der Waals surface area contributed by atoms with Crippen molar-refractivity contribution in [3.63, 3.8) is 0 Å². The van der Waals surface area contributed by atoms with E-state index >= 15 is 0 Å². The summed E-state index contributed by atoms with van der Waals surface area (Å²) in [4.78, 5) is 46.9. The number of hydrogen-bond donors (Lipinski definition) is 1. The number of carbonyl (C=O) groups excluding carboxylic acids is 2. The summed E-state index contributed by atoms with van der Waals surface area (Å²) >= 11 is 0. The third kappa shape index (κ3) is 3.94. The molecule has 0 spiro atoms. The molecule has 0 saturated carbocycles. The van der Waals surface area contributed by atoms with Gasteiger partial charge in [-0.05, 0) is 24.3 Å². The first-order valence-corrected chi connectivity index (χ1v) is 10.1. The molecule has 5 rings (SSSR count). The third-order valence-electron chi connectivity index (χ3n) is 5.01. The number of aliphatic imine (C=N–C) groups is 1. The molecule has 0 unspecified atom stereocenters. The van der Waals surface area contributed by atoms with Gasteiger partial charge in [0.2, 0.25) is 0 Å². The number of fused-ring (bicyclic) bond motifs is 1. The van der Waals surface area contributed by atoms with Crippen molar-refractivity contribution in [2.24, 2.45) is 4.99 Å². The van der Waals surface area contributed by atoms with Crippen LogP contribution in [-0.2, 0) is 16.1 Å². The van der Waals surface area contributed by atoms with E-state index in [1.807, 2.05) is 6.07 Å². The number of hydrogen-bond acceptors (Lipinski definition) is 6. The molecule has 1 aliphatic rings. The summed E-state index contributed by atoms with van der Waals surface area (Å²) in [6, 6.07) is 19.4. The zero-order valence-electron chi connectivity index (χ0n) is 17.2. The number of carbonyl (C=O) groups is 2. The van der Waals surface area contributed by atoms with Gasteiger partial charge in [-0.2, -0.15) is 5.01 Å². The molecular formula is C24H17N5O4. The van der Waals surface area contributed by atoms with Crippen LogP contribution in [0, 0.1) is 0 Å². The Labute approximate surface area is 187 Å². The predicted molar refractivity (Wildman–Crippen MR) is 121 cm³/mol. The van der Waals surface area contributed by atoms with E-state index < -0.39 is 17.4 Å². The van der Waals surface area contributed by atoms with E-state index in [1.165, 1.54) is 16.9 Å². The monoisotopic (exact) mass is 439 g/mol. The predicted octanol–water partition coefficient (Wildman–Crippen LogP) is 2.35. The summed E-state index contributed by atoms with van der Waals surface area (Å²) in [5.74, 6) is -0.369. The average molecular weight is 439 g/mol. The summed E-state index contributed by atoms with van der Waals surface area (Å²) in [5, 5.41) is 1.08. The number of nitrogens with zero attached hydrogens (tertiary/aromatic N) is 4. The molecule has 0 aliphatic carbocycles.